The largest absolute Gasteiger partial charge is 0.466 e. The third kappa shape index (κ3) is 7.57. The smallest absolute Gasteiger partial charge is 0.320 e. The van der Waals surface area contributed by atoms with E-state index in [1.165, 1.54) is 10.7 Å². The molecule has 1 saturated heterocycles. The van der Waals surface area contributed by atoms with Gasteiger partial charge in [-0.25, -0.2) is 18.3 Å². The second kappa shape index (κ2) is 12.6. The molecule has 4 rings (SSSR count). The van der Waals surface area contributed by atoms with Gasteiger partial charge in [0.1, 0.15) is 11.9 Å². The summed E-state index contributed by atoms with van der Waals surface area (Å²) in [5.74, 6) is -2.00. The Kier molecular flexibility index (Phi) is 9.21. The molecule has 3 amide bonds. The number of carbonyl (C=O) groups is 2. The molecule has 1 aliphatic rings. The first-order valence-electron chi connectivity index (χ1n) is 13.2. The van der Waals surface area contributed by atoms with Gasteiger partial charge >= 0.3 is 6.03 Å². The number of para-hydroxylation sites is 1. The number of hydroxylamine groups is 2. The van der Waals surface area contributed by atoms with Crippen molar-refractivity contribution in [1.29, 1.82) is 0 Å². The van der Waals surface area contributed by atoms with Crippen molar-refractivity contribution in [2.24, 2.45) is 0 Å². The molecular formula is C28H34F2N6O5. The second-order valence-corrected chi connectivity index (χ2v) is 10.3. The number of ether oxygens (including phenoxy) is 1. The Balaban J connectivity index is 1.52. The number of aliphatic hydroxyl groups is 1. The predicted octanol–water partition coefficient (Wildman–Crippen LogP) is 3.22. The number of halogens is 2. The fourth-order valence-electron chi connectivity index (χ4n) is 4.23. The van der Waals surface area contributed by atoms with Gasteiger partial charge in [-0.1, -0.05) is 31.2 Å². The molecule has 0 unspecified atom stereocenters. The van der Waals surface area contributed by atoms with Crippen molar-refractivity contribution in [2.45, 2.75) is 45.4 Å². The zero-order valence-corrected chi connectivity index (χ0v) is 23.3. The van der Waals surface area contributed by atoms with Gasteiger partial charge in [0.05, 0.1) is 22.9 Å². The molecule has 0 bridgehead atoms. The van der Waals surface area contributed by atoms with E-state index < -0.39 is 41.3 Å². The average molecular weight is 573 g/mol. The van der Waals surface area contributed by atoms with Crippen molar-refractivity contribution in [3.63, 3.8) is 0 Å². The lowest BCUT2D eigenvalue weighted by molar-refractivity contribution is -0.144. The maximum Gasteiger partial charge on any atom is 0.320 e. The van der Waals surface area contributed by atoms with Crippen LogP contribution in [0.1, 0.15) is 38.0 Å². The fourth-order valence-corrected chi connectivity index (χ4v) is 4.23. The molecule has 2 aromatic carbocycles. The Morgan fingerprint density at radius 2 is 1.90 bits per heavy atom. The minimum Gasteiger partial charge on any atom is -0.466 e. The second-order valence-electron chi connectivity index (χ2n) is 10.3. The van der Waals surface area contributed by atoms with Crippen molar-refractivity contribution in [3.05, 3.63) is 71.3 Å². The molecule has 13 heteroatoms. The number of carbonyl (C=O) groups excluding carboxylic acids is 2. The number of hydrogen-bond acceptors (Lipinski definition) is 7. The minimum atomic E-state index is -1.08. The van der Waals surface area contributed by atoms with E-state index in [1.807, 2.05) is 25.1 Å². The standard InChI is InChI=1S/C28H34F2N6O5/c1-5-35-14-22(24(41-35)18-11-12-20(29)21(30)13-18)32-27(38)33-25-17(2)26(34-36(25)19-9-7-6-8-10-19)40-15-23(37)31-16-28(3,4)39/h6-13,22,24,39H,5,14-16H2,1-4H3,(H,31,37)(H2,32,33,38)/t22-,24+/m1/s1. The van der Waals surface area contributed by atoms with E-state index in [1.54, 1.807) is 38.0 Å². The normalized spacial score (nSPS) is 17.3. The highest BCUT2D eigenvalue weighted by molar-refractivity contribution is 5.90. The predicted molar refractivity (Wildman–Crippen MR) is 146 cm³/mol. The quantitative estimate of drug-likeness (QED) is 0.294. The number of urea groups is 1. The summed E-state index contributed by atoms with van der Waals surface area (Å²) in [6.07, 6.45) is -0.739. The van der Waals surface area contributed by atoms with E-state index in [-0.39, 0.29) is 19.0 Å². The summed E-state index contributed by atoms with van der Waals surface area (Å²) in [7, 11) is 0. The van der Waals surface area contributed by atoms with Crippen molar-refractivity contribution >= 4 is 17.8 Å². The number of aromatic nitrogens is 2. The molecular weight excluding hydrogens is 538 g/mol. The van der Waals surface area contributed by atoms with Crippen molar-refractivity contribution < 1.29 is 33.1 Å². The molecule has 4 N–H and O–H groups in total. The van der Waals surface area contributed by atoms with E-state index in [4.69, 9.17) is 9.57 Å². The lowest BCUT2D eigenvalue weighted by Crippen LogP contribution is -2.42. The number of likely N-dealkylation sites (N-methyl/N-ethyl adjacent to an activating group) is 1. The molecule has 220 valence electrons. The number of benzene rings is 2. The van der Waals surface area contributed by atoms with Crippen molar-refractivity contribution in [1.82, 2.24) is 25.5 Å². The summed E-state index contributed by atoms with van der Waals surface area (Å²) >= 11 is 0. The van der Waals surface area contributed by atoms with Crippen LogP contribution in [0.25, 0.3) is 5.69 Å². The van der Waals surface area contributed by atoms with Gasteiger partial charge in [-0.2, -0.15) is 5.06 Å². The van der Waals surface area contributed by atoms with Crippen LogP contribution < -0.4 is 20.7 Å². The number of nitrogens with zero attached hydrogens (tertiary/aromatic N) is 3. The van der Waals surface area contributed by atoms with Gasteiger partial charge < -0.3 is 20.5 Å². The molecule has 1 fully saturated rings. The third-order valence-corrected chi connectivity index (χ3v) is 6.34. The van der Waals surface area contributed by atoms with Gasteiger partial charge in [0.15, 0.2) is 18.2 Å². The summed E-state index contributed by atoms with van der Waals surface area (Å²) in [6.45, 7) is 7.23. The molecule has 3 aromatic rings. The summed E-state index contributed by atoms with van der Waals surface area (Å²) in [5.41, 5.74) is 0.407. The van der Waals surface area contributed by atoms with Crippen molar-refractivity contribution in [2.75, 3.05) is 31.6 Å². The highest BCUT2D eigenvalue weighted by atomic mass is 19.2. The van der Waals surface area contributed by atoms with Crippen LogP contribution in [-0.2, 0) is 9.63 Å². The monoisotopic (exact) mass is 572 g/mol. The fraction of sp³-hybridized carbons (Fsp3) is 0.393. The first kappa shape index (κ1) is 29.9. The zero-order valence-electron chi connectivity index (χ0n) is 23.3. The van der Waals surface area contributed by atoms with Gasteiger partial charge in [-0.3, -0.25) is 14.9 Å². The Hall–Kier alpha value is -4.07. The summed E-state index contributed by atoms with van der Waals surface area (Å²) in [4.78, 5) is 31.4. The molecule has 2 heterocycles. The maximum atomic E-state index is 13.9. The molecule has 41 heavy (non-hydrogen) atoms. The van der Waals surface area contributed by atoms with Gasteiger partial charge in [0, 0.05) is 19.6 Å². The van der Waals surface area contributed by atoms with Crippen LogP contribution in [0.4, 0.5) is 19.4 Å². The molecule has 0 saturated carbocycles. The Morgan fingerprint density at radius 3 is 2.56 bits per heavy atom. The molecule has 0 aliphatic carbocycles. The van der Waals surface area contributed by atoms with Gasteiger partial charge in [0.2, 0.25) is 5.88 Å². The minimum absolute atomic E-state index is 0.0471. The summed E-state index contributed by atoms with van der Waals surface area (Å²) in [6, 6.07) is 11.4. The van der Waals surface area contributed by atoms with Crippen LogP contribution in [0.3, 0.4) is 0 Å². The Bertz CT molecular complexity index is 1380. The average Bonchev–Trinajstić information content (AvgIpc) is 3.48. The number of hydrogen-bond donors (Lipinski definition) is 4. The lowest BCUT2D eigenvalue weighted by Gasteiger charge is -2.19. The number of anilines is 1. The van der Waals surface area contributed by atoms with Crippen LogP contribution in [0.5, 0.6) is 5.88 Å². The van der Waals surface area contributed by atoms with Crippen molar-refractivity contribution in [3.8, 4) is 11.6 Å². The topological polar surface area (TPSA) is 130 Å². The summed E-state index contributed by atoms with van der Waals surface area (Å²) in [5, 5.41) is 24.2. The number of amides is 3. The van der Waals surface area contributed by atoms with Crippen LogP contribution in [0.2, 0.25) is 0 Å². The number of nitrogens with one attached hydrogen (secondary N) is 3. The molecule has 0 spiro atoms. The lowest BCUT2D eigenvalue weighted by atomic mass is 10.0. The van der Waals surface area contributed by atoms with E-state index in [0.717, 1.165) is 12.1 Å². The van der Waals surface area contributed by atoms with E-state index in [2.05, 4.69) is 21.0 Å². The highest BCUT2D eigenvalue weighted by Crippen LogP contribution is 2.31. The third-order valence-electron chi connectivity index (χ3n) is 6.34. The first-order valence-corrected chi connectivity index (χ1v) is 13.2. The van der Waals surface area contributed by atoms with Crippen LogP contribution >= 0.6 is 0 Å². The molecule has 0 radical (unpaired) electrons. The summed E-state index contributed by atoms with van der Waals surface area (Å²) < 4.78 is 34.6. The van der Waals surface area contributed by atoms with Crippen LogP contribution in [0, 0.1) is 18.6 Å². The number of rotatable bonds is 10. The van der Waals surface area contributed by atoms with Gasteiger partial charge in [-0.15, -0.1) is 5.10 Å². The Labute approximate surface area is 236 Å². The van der Waals surface area contributed by atoms with Crippen LogP contribution in [-0.4, -0.2) is 69.8 Å². The molecule has 2 atom stereocenters. The molecule has 11 nitrogen and oxygen atoms in total. The van der Waals surface area contributed by atoms with Crippen LogP contribution in [0.15, 0.2) is 48.5 Å². The first-order chi connectivity index (χ1) is 19.4. The van der Waals surface area contributed by atoms with Gasteiger partial charge in [-0.05, 0) is 50.6 Å². The van der Waals surface area contributed by atoms with E-state index in [9.17, 15) is 23.5 Å². The zero-order chi connectivity index (χ0) is 29.7. The van der Waals surface area contributed by atoms with E-state index >= 15 is 0 Å². The SMILES string of the molecule is CCN1C[C@@H](NC(=O)Nc2c(C)c(OCC(=O)NCC(C)(C)O)nn2-c2ccccc2)[C@H](c2ccc(F)c(F)c2)O1. The Morgan fingerprint density at radius 1 is 1.17 bits per heavy atom. The maximum absolute atomic E-state index is 13.9. The highest BCUT2D eigenvalue weighted by Gasteiger charge is 2.36. The van der Waals surface area contributed by atoms with Gasteiger partial charge in [0.25, 0.3) is 5.91 Å². The van der Waals surface area contributed by atoms with E-state index in [0.29, 0.717) is 35.7 Å². The molecule has 1 aromatic heterocycles. The molecule has 1 aliphatic heterocycles.